The van der Waals surface area contributed by atoms with Crippen molar-refractivity contribution in [3.63, 3.8) is 0 Å². The SMILES string of the molecule is Cl.NCCCN(Cc1ccccc1)C(=O)c1cccs1. The van der Waals surface area contributed by atoms with Crippen LogP contribution in [0.15, 0.2) is 47.8 Å². The zero-order valence-corrected chi connectivity index (χ0v) is 12.8. The summed E-state index contributed by atoms with van der Waals surface area (Å²) in [6.45, 7) is 1.93. The van der Waals surface area contributed by atoms with Gasteiger partial charge in [-0.1, -0.05) is 36.4 Å². The van der Waals surface area contributed by atoms with E-state index in [-0.39, 0.29) is 18.3 Å². The molecule has 0 radical (unpaired) electrons. The lowest BCUT2D eigenvalue weighted by Crippen LogP contribution is -2.32. The summed E-state index contributed by atoms with van der Waals surface area (Å²) < 4.78 is 0. The summed E-state index contributed by atoms with van der Waals surface area (Å²) >= 11 is 1.48. The van der Waals surface area contributed by atoms with Crippen LogP contribution in [0, 0.1) is 0 Å². The van der Waals surface area contributed by atoms with Crippen molar-refractivity contribution in [2.45, 2.75) is 13.0 Å². The Morgan fingerprint density at radius 2 is 1.90 bits per heavy atom. The van der Waals surface area contributed by atoms with Crippen molar-refractivity contribution in [2.75, 3.05) is 13.1 Å². The summed E-state index contributed by atoms with van der Waals surface area (Å²) in [5.41, 5.74) is 6.70. The van der Waals surface area contributed by atoms with E-state index in [1.165, 1.54) is 11.3 Å². The lowest BCUT2D eigenvalue weighted by Gasteiger charge is -2.22. The molecule has 0 aliphatic rings. The maximum atomic E-state index is 12.4. The minimum Gasteiger partial charge on any atom is -0.334 e. The van der Waals surface area contributed by atoms with E-state index in [0.29, 0.717) is 19.6 Å². The Morgan fingerprint density at radius 3 is 2.50 bits per heavy atom. The largest absolute Gasteiger partial charge is 0.334 e. The van der Waals surface area contributed by atoms with Crippen LogP contribution in [0.1, 0.15) is 21.7 Å². The Kier molecular flexibility index (Phi) is 7.30. The predicted octanol–water partition coefficient (Wildman–Crippen LogP) is 3.16. The summed E-state index contributed by atoms with van der Waals surface area (Å²) in [5.74, 6) is 0.0901. The fourth-order valence-electron chi connectivity index (χ4n) is 1.89. The van der Waals surface area contributed by atoms with Crippen LogP contribution < -0.4 is 5.73 Å². The third-order valence-corrected chi connectivity index (χ3v) is 3.73. The first-order chi connectivity index (χ1) is 9.31. The van der Waals surface area contributed by atoms with Gasteiger partial charge in [-0.25, -0.2) is 0 Å². The molecule has 20 heavy (non-hydrogen) atoms. The van der Waals surface area contributed by atoms with Crippen molar-refractivity contribution < 1.29 is 4.79 Å². The van der Waals surface area contributed by atoms with Gasteiger partial charge in [0.2, 0.25) is 0 Å². The number of thiophene rings is 1. The lowest BCUT2D eigenvalue weighted by molar-refractivity contribution is 0.0747. The average molecular weight is 311 g/mol. The van der Waals surface area contributed by atoms with E-state index >= 15 is 0 Å². The summed E-state index contributed by atoms with van der Waals surface area (Å²) in [5, 5.41) is 1.93. The molecule has 1 aromatic carbocycles. The van der Waals surface area contributed by atoms with Gasteiger partial charge in [0.05, 0.1) is 4.88 Å². The van der Waals surface area contributed by atoms with Gasteiger partial charge in [0.1, 0.15) is 0 Å². The van der Waals surface area contributed by atoms with Crippen LogP contribution >= 0.6 is 23.7 Å². The Hall–Kier alpha value is -1.36. The fourth-order valence-corrected chi connectivity index (χ4v) is 2.59. The van der Waals surface area contributed by atoms with Gasteiger partial charge >= 0.3 is 0 Å². The number of rotatable bonds is 6. The Balaban J connectivity index is 0.00000200. The quantitative estimate of drug-likeness (QED) is 0.891. The second-order valence-corrected chi connectivity index (χ2v) is 5.28. The summed E-state index contributed by atoms with van der Waals surface area (Å²) in [6.07, 6.45) is 0.823. The summed E-state index contributed by atoms with van der Waals surface area (Å²) in [7, 11) is 0. The third kappa shape index (κ3) is 4.63. The van der Waals surface area contributed by atoms with Gasteiger partial charge in [-0.2, -0.15) is 0 Å². The number of nitrogens with zero attached hydrogens (tertiary/aromatic N) is 1. The van der Waals surface area contributed by atoms with Crippen LogP contribution in [0.25, 0.3) is 0 Å². The number of carbonyl (C=O) groups is 1. The number of benzene rings is 1. The van der Waals surface area contributed by atoms with Gasteiger partial charge in [-0.3, -0.25) is 4.79 Å². The van der Waals surface area contributed by atoms with Gasteiger partial charge in [0.15, 0.2) is 0 Å². The molecule has 0 fully saturated rings. The number of carbonyl (C=O) groups excluding carboxylic acids is 1. The van der Waals surface area contributed by atoms with Crippen LogP contribution in [-0.4, -0.2) is 23.9 Å². The maximum absolute atomic E-state index is 12.4. The van der Waals surface area contributed by atoms with Crippen molar-refractivity contribution >= 4 is 29.7 Å². The van der Waals surface area contributed by atoms with E-state index in [9.17, 15) is 4.79 Å². The van der Waals surface area contributed by atoms with Crippen LogP contribution in [0.4, 0.5) is 0 Å². The Morgan fingerprint density at radius 1 is 1.15 bits per heavy atom. The predicted molar refractivity (Wildman–Crippen MR) is 86.4 cm³/mol. The average Bonchev–Trinajstić information content (AvgIpc) is 2.98. The molecule has 0 aliphatic heterocycles. The molecule has 0 aliphatic carbocycles. The molecule has 2 N–H and O–H groups in total. The number of nitrogens with two attached hydrogens (primary N) is 1. The molecule has 0 saturated carbocycles. The second-order valence-electron chi connectivity index (χ2n) is 4.33. The highest BCUT2D eigenvalue weighted by atomic mass is 35.5. The fraction of sp³-hybridized carbons (Fsp3) is 0.267. The van der Waals surface area contributed by atoms with Gasteiger partial charge < -0.3 is 10.6 Å². The molecule has 0 bridgehead atoms. The van der Waals surface area contributed by atoms with Crippen molar-refractivity contribution in [1.29, 1.82) is 0 Å². The molecule has 0 saturated heterocycles. The number of halogens is 1. The van der Waals surface area contributed by atoms with Gasteiger partial charge in [-0.05, 0) is 30.0 Å². The zero-order chi connectivity index (χ0) is 13.5. The van der Waals surface area contributed by atoms with Crippen molar-refractivity contribution in [2.24, 2.45) is 5.73 Å². The smallest absolute Gasteiger partial charge is 0.264 e. The molecule has 1 aromatic heterocycles. The molecule has 3 nitrogen and oxygen atoms in total. The first-order valence-corrected chi connectivity index (χ1v) is 7.26. The summed E-state index contributed by atoms with van der Waals surface area (Å²) in [6, 6.07) is 13.8. The standard InChI is InChI=1S/C15H18N2OS.ClH/c16-9-5-10-17(12-13-6-2-1-3-7-13)15(18)14-8-4-11-19-14;/h1-4,6-8,11H,5,9-10,12,16H2;1H. The molecular formula is C15H19ClN2OS. The Bertz CT molecular complexity index is 502. The van der Waals surface area contributed by atoms with E-state index in [0.717, 1.165) is 16.9 Å². The van der Waals surface area contributed by atoms with E-state index in [1.807, 2.05) is 52.7 Å². The zero-order valence-electron chi connectivity index (χ0n) is 11.2. The molecule has 2 aromatic rings. The maximum Gasteiger partial charge on any atom is 0.264 e. The molecule has 2 rings (SSSR count). The van der Waals surface area contributed by atoms with E-state index in [2.05, 4.69) is 0 Å². The molecule has 108 valence electrons. The van der Waals surface area contributed by atoms with Gasteiger partial charge in [0, 0.05) is 13.1 Å². The molecule has 0 unspecified atom stereocenters. The number of hydrogen-bond acceptors (Lipinski definition) is 3. The molecule has 5 heteroatoms. The van der Waals surface area contributed by atoms with E-state index in [4.69, 9.17) is 5.73 Å². The van der Waals surface area contributed by atoms with Crippen molar-refractivity contribution in [1.82, 2.24) is 4.90 Å². The highest BCUT2D eigenvalue weighted by Gasteiger charge is 2.16. The Labute approximate surface area is 129 Å². The first kappa shape index (κ1) is 16.7. The highest BCUT2D eigenvalue weighted by molar-refractivity contribution is 7.12. The normalized spacial score (nSPS) is 9.85. The van der Waals surface area contributed by atoms with E-state index < -0.39 is 0 Å². The van der Waals surface area contributed by atoms with Gasteiger partial charge in [0.25, 0.3) is 5.91 Å². The minimum atomic E-state index is 0. The van der Waals surface area contributed by atoms with Crippen LogP contribution in [0.5, 0.6) is 0 Å². The number of hydrogen-bond donors (Lipinski definition) is 1. The third-order valence-electron chi connectivity index (χ3n) is 2.87. The van der Waals surface area contributed by atoms with Crippen LogP contribution in [0.2, 0.25) is 0 Å². The molecule has 1 amide bonds. The highest BCUT2D eigenvalue weighted by Crippen LogP contribution is 2.14. The topological polar surface area (TPSA) is 46.3 Å². The van der Waals surface area contributed by atoms with Crippen molar-refractivity contribution in [3.05, 3.63) is 58.3 Å². The molecule has 1 heterocycles. The summed E-state index contributed by atoms with van der Waals surface area (Å²) in [4.78, 5) is 15.1. The molecule has 0 spiro atoms. The molecule has 0 atom stereocenters. The second kappa shape index (κ2) is 8.74. The first-order valence-electron chi connectivity index (χ1n) is 6.38. The van der Waals surface area contributed by atoms with E-state index in [1.54, 1.807) is 0 Å². The monoisotopic (exact) mass is 310 g/mol. The van der Waals surface area contributed by atoms with Crippen LogP contribution in [0.3, 0.4) is 0 Å². The van der Waals surface area contributed by atoms with Crippen LogP contribution in [-0.2, 0) is 6.54 Å². The van der Waals surface area contributed by atoms with Gasteiger partial charge in [-0.15, -0.1) is 23.7 Å². The lowest BCUT2D eigenvalue weighted by atomic mass is 10.2. The minimum absolute atomic E-state index is 0. The molecular weight excluding hydrogens is 292 g/mol. The van der Waals surface area contributed by atoms with Crippen molar-refractivity contribution in [3.8, 4) is 0 Å². The number of amides is 1.